The number of amides is 1. The highest BCUT2D eigenvalue weighted by Gasteiger charge is 2.43. The average Bonchev–Trinajstić information content (AvgIpc) is 2.81. The summed E-state index contributed by atoms with van der Waals surface area (Å²) in [6, 6.07) is 0. The highest BCUT2D eigenvalue weighted by Crippen LogP contribution is 2.40. The molecule has 1 N–H and O–H groups in total. The number of hydrogen-bond donors (Lipinski definition) is 1. The second kappa shape index (κ2) is 6.67. The summed E-state index contributed by atoms with van der Waals surface area (Å²) in [4.78, 5) is 12.5. The Morgan fingerprint density at radius 1 is 1.15 bits per heavy atom. The Bertz CT molecular complexity index is 348. The van der Waals surface area contributed by atoms with Crippen molar-refractivity contribution in [1.29, 1.82) is 0 Å². The van der Waals surface area contributed by atoms with Crippen LogP contribution in [0.15, 0.2) is 0 Å². The molecule has 2 saturated carbocycles. The van der Waals surface area contributed by atoms with Crippen molar-refractivity contribution in [3.63, 3.8) is 0 Å². The van der Waals surface area contributed by atoms with Gasteiger partial charge in [-0.1, -0.05) is 22.4 Å². The van der Waals surface area contributed by atoms with E-state index >= 15 is 0 Å². The molecule has 0 heterocycles. The molecule has 1 amide bonds. The maximum atomic E-state index is 12.7. The van der Waals surface area contributed by atoms with Gasteiger partial charge in [-0.2, -0.15) is 13.2 Å². The van der Waals surface area contributed by atoms with Crippen LogP contribution in [0, 0.1) is 17.8 Å². The predicted octanol–water partition coefficient (Wildman–Crippen LogP) is 4.03. The number of alkyl halides is 4. The van der Waals surface area contributed by atoms with E-state index in [-0.39, 0.29) is 18.7 Å². The van der Waals surface area contributed by atoms with E-state index in [9.17, 15) is 18.0 Å². The van der Waals surface area contributed by atoms with Crippen LogP contribution in [0.4, 0.5) is 13.2 Å². The number of rotatable bonds is 3. The summed E-state index contributed by atoms with van der Waals surface area (Å²) in [5.41, 5.74) is 0. The lowest BCUT2D eigenvalue weighted by Gasteiger charge is -2.30. The minimum Gasteiger partial charge on any atom is -0.356 e. The number of nitrogens with one attached hydrogen (secondary N) is 1. The molecule has 0 aliphatic heterocycles. The highest BCUT2D eigenvalue weighted by molar-refractivity contribution is 9.09. The van der Waals surface area contributed by atoms with Crippen LogP contribution >= 0.6 is 15.9 Å². The second-order valence-corrected chi connectivity index (χ2v) is 7.42. The third kappa shape index (κ3) is 4.37. The second-order valence-electron chi connectivity index (χ2n) is 6.12. The van der Waals surface area contributed by atoms with Crippen molar-refractivity contribution in [2.45, 2.75) is 55.9 Å². The van der Waals surface area contributed by atoms with Gasteiger partial charge in [0, 0.05) is 17.3 Å². The SMILES string of the molecule is O=C(NCC1CCC(Br)C1)C1CCCC(C(F)(F)F)C1. The topological polar surface area (TPSA) is 29.1 Å². The summed E-state index contributed by atoms with van der Waals surface area (Å²) in [5.74, 6) is -1.48. The zero-order valence-corrected chi connectivity index (χ0v) is 13.0. The lowest BCUT2D eigenvalue weighted by atomic mass is 9.80. The standard InChI is InChI=1S/C14H21BrF3NO/c15-12-5-4-9(6-12)8-19-13(20)10-2-1-3-11(7-10)14(16,17)18/h9-12H,1-8H2,(H,19,20). The molecular formula is C14H21BrF3NO. The Balaban J connectivity index is 1.77. The molecule has 2 aliphatic rings. The Morgan fingerprint density at radius 2 is 1.90 bits per heavy atom. The van der Waals surface area contributed by atoms with Gasteiger partial charge in [0.2, 0.25) is 5.91 Å². The van der Waals surface area contributed by atoms with Crippen molar-refractivity contribution in [1.82, 2.24) is 5.32 Å². The quantitative estimate of drug-likeness (QED) is 0.760. The van der Waals surface area contributed by atoms with Gasteiger partial charge in [0.1, 0.15) is 0 Å². The molecule has 2 rings (SSSR count). The first kappa shape index (κ1) is 16.1. The van der Waals surface area contributed by atoms with Gasteiger partial charge in [-0.15, -0.1) is 0 Å². The van der Waals surface area contributed by atoms with Gasteiger partial charge in [0.05, 0.1) is 5.92 Å². The highest BCUT2D eigenvalue weighted by atomic mass is 79.9. The Hall–Kier alpha value is -0.260. The first-order chi connectivity index (χ1) is 9.36. The summed E-state index contributed by atoms with van der Waals surface area (Å²) < 4.78 is 38.1. The first-order valence-corrected chi connectivity index (χ1v) is 8.26. The van der Waals surface area contributed by atoms with Gasteiger partial charge >= 0.3 is 6.18 Å². The predicted molar refractivity (Wildman–Crippen MR) is 74.6 cm³/mol. The lowest BCUT2D eigenvalue weighted by Crippen LogP contribution is -2.38. The Kier molecular flexibility index (Phi) is 5.37. The molecule has 0 spiro atoms. The molecule has 4 atom stereocenters. The van der Waals surface area contributed by atoms with Crippen molar-refractivity contribution in [3.05, 3.63) is 0 Å². The van der Waals surface area contributed by atoms with Crippen LogP contribution in [0.1, 0.15) is 44.9 Å². The van der Waals surface area contributed by atoms with Crippen LogP contribution in [0.25, 0.3) is 0 Å². The fraction of sp³-hybridized carbons (Fsp3) is 0.929. The van der Waals surface area contributed by atoms with Crippen LogP contribution in [-0.2, 0) is 4.79 Å². The molecule has 0 bridgehead atoms. The molecule has 2 fully saturated rings. The van der Waals surface area contributed by atoms with E-state index in [4.69, 9.17) is 0 Å². The summed E-state index contributed by atoms with van der Waals surface area (Å²) >= 11 is 3.55. The third-order valence-electron chi connectivity index (χ3n) is 4.55. The summed E-state index contributed by atoms with van der Waals surface area (Å²) in [6.45, 7) is 0.605. The zero-order valence-electron chi connectivity index (χ0n) is 11.4. The van der Waals surface area contributed by atoms with Crippen molar-refractivity contribution >= 4 is 21.8 Å². The van der Waals surface area contributed by atoms with Crippen LogP contribution in [0.5, 0.6) is 0 Å². The van der Waals surface area contributed by atoms with Crippen molar-refractivity contribution < 1.29 is 18.0 Å². The molecule has 6 heteroatoms. The number of hydrogen-bond acceptors (Lipinski definition) is 1. The zero-order chi connectivity index (χ0) is 14.8. The smallest absolute Gasteiger partial charge is 0.356 e. The van der Waals surface area contributed by atoms with Crippen molar-refractivity contribution in [2.24, 2.45) is 17.8 Å². The summed E-state index contributed by atoms with van der Waals surface area (Å²) in [6.07, 6.45) is 0.275. The largest absolute Gasteiger partial charge is 0.391 e. The molecule has 0 radical (unpaired) electrons. The molecule has 0 aromatic carbocycles. The van der Waals surface area contributed by atoms with Gasteiger partial charge in [0.15, 0.2) is 0 Å². The third-order valence-corrected chi connectivity index (χ3v) is 5.38. The molecule has 0 saturated heterocycles. The maximum Gasteiger partial charge on any atom is 0.391 e. The molecule has 0 aromatic rings. The van der Waals surface area contributed by atoms with E-state index in [2.05, 4.69) is 21.2 Å². The molecule has 116 valence electrons. The molecular weight excluding hydrogens is 335 g/mol. The van der Waals surface area contributed by atoms with E-state index in [0.29, 0.717) is 30.1 Å². The molecule has 4 unspecified atom stereocenters. The Labute approximate surface area is 126 Å². The molecule has 2 aliphatic carbocycles. The van der Waals surface area contributed by atoms with Crippen molar-refractivity contribution in [2.75, 3.05) is 6.54 Å². The minimum absolute atomic E-state index is 0.0406. The van der Waals surface area contributed by atoms with E-state index in [1.54, 1.807) is 0 Å². The lowest BCUT2D eigenvalue weighted by molar-refractivity contribution is -0.186. The van der Waals surface area contributed by atoms with Gasteiger partial charge in [-0.25, -0.2) is 0 Å². The summed E-state index contributed by atoms with van der Waals surface area (Å²) in [5, 5.41) is 2.86. The first-order valence-electron chi connectivity index (χ1n) is 7.34. The van der Waals surface area contributed by atoms with Gasteiger partial charge in [0.25, 0.3) is 0 Å². The van der Waals surface area contributed by atoms with Gasteiger partial charge in [-0.05, 0) is 44.4 Å². The molecule has 0 aromatic heterocycles. The van der Waals surface area contributed by atoms with Gasteiger partial charge < -0.3 is 5.32 Å². The fourth-order valence-corrected chi connectivity index (χ4v) is 4.11. The number of halogens is 4. The van der Waals surface area contributed by atoms with Crippen molar-refractivity contribution in [3.8, 4) is 0 Å². The molecule has 20 heavy (non-hydrogen) atoms. The van der Waals surface area contributed by atoms with Crippen LogP contribution in [-0.4, -0.2) is 23.5 Å². The van der Waals surface area contributed by atoms with E-state index in [0.717, 1.165) is 19.3 Å². The van der Waals surface area contributed by atoms with Crippen LogP contribution in [0.3, 0.4) is 0 Å². The monoisotopic (exact) mass is 355 g/mol. The molecule has 2 nitrogen and oxygen atoms in total. The Morgan fingerprint density at radius 3 is 2.50 bits per heavy atom. The normalized spacial score (nSPS) is 35.0. The number of carbonyl (C=O) groups excluding carboxylic acids is 1. The maximum absolute atomic E-state index is 12.7. The average molecular weight is 356 g/mol. The van der Waals surface area contributed by atoms with E-state index < -0.39 is 18.0 Å². The minimum atomic E-state index is -4.16. The van der Waals surface area contributed by atoms with E-state index in [1.807, 2.05) is 0 Å². The van der Waals surface area contributed by atoms with Gasteiger partial charge in [-0.3, -0.25) is 4.79 Å². The van der Waals surface area contributed by atoms with E-state index in [1.165, 1.54) is 0 Å². The number of carbonyl (C=O) groups is 1. The summed E-state index contributed by atoms with van der Waals surface area (Å²) in [7, 11) is 0. The van der Waals surface area contributed by atoms with Crippen LogP contribution in [0.2, 0.25) is 0 Å². The van der Waals surface area contributed by atoms with Crippen LogP contribution < -0.4 is 5.32 Å². The fourth-order valence-electron chi connectivity index (χ4n) is 3.31.